The van der Waals surface area contributed by atoms with Crippen LogP contribution in [0.2, 0.25) is 0 Å². The maximum atomic E-state index is 12.3. The van der Waals surface area contributed by atoms with Gasteiger partial charge in [-0.1, -0.05) is 0 Å². The fraction of sp³-hybridized carbons (Fsp3) is 0.316. The van der Waals surface area contributed by atoms with Gasteiger partial charge < -0.3 is 25.4 Å². The van der Waals surface area contributed by atoms with Crippen molar-refractivity contribution in [2.24, 2.45) is 0 Å². The average molecular weight is 343 g/mol. The molecule has 0 atom stereocenters. The molecule has 0 unspecified atom stereocenters. The average Bonchev–Trinajstić information content (AvgIpc) is 2.60. The van der Waals surface area contributed by atoms with E-state index in [1.165, 1.54) is 0 Å². The van der Waals surface area contributed by atoms with Crippen LogP contribution in [-0.4, -0.2) is 45.2 Å². The van der Waals surface area contributed by atoms with Crippen molar-refractivity contribution in [1.29, 1.82) is 0 Å². The first-order chi connectivity index (χ1) is 12.0. The van der Waals surface area contributed by atoms with Crippen molar-refractivity contribution in [2.75, 3.05) is 45.4 Å². The number of carbonyl (C=O) groups is 1. The zero-order chi connectivity index (χ0) is 18.2. The van der Waals surface area contributed by atoms with Crippen molar-refractivity contribution in [3.63, 3.8) is 0 Å². The Hall–Kier alpha value is -2.73. The molecule has 0 aromatic heterocycles. The largest absolute Gasteiger partial charge is 0.497 e. The van der Waals surface area contributed by atoms with Crippen LogP contribution in [0.15, 0.2) is 42.5 Å². The Balaban J connectivity index is 1.94. The summed E-state index contributed by atoms with van der Waals surface area (Å²) in [5.74, 6) is 1.11. The summed E-state index contributed by atoms with van der Waals surface area (Å²) in [6, 6.07) is 12.2. The fourth-order valence-electron chi connectivity index (χ4n) is 2.26. The molecule has 0 aliphatic heterocycles. The maximum Gasteiger partial charge on any atom is 0.255 e. The molecule has 0 aliphatic carbocycles. The Morgan fingerprint density at radius 2 is 1.88 bits per heavy atom. The SMILES string of the molecule is COc1ccc(NC(=O)c2ccc(OCCCN(C)C)c(N)c2)cc1. The lowest BCUT2D eigenvalue weighted by Crippen LogP contribution is -2.16. The lowest BCUT2D eigenvalue weighted by Gasteiger charge is -2.12. The summed E-state index contributed by atoms with van der Waals surface area (Å²) in [5, 5.41) is 2.82. The molecule has 0 bridgehead atoms. The molecule has 2 rings (SSSR count). The van der Waals surface area contributed by atoms with Crippen molar-refractivity contribution in [3.05, 3.63) is 48.0 Å². The molecule has 6 nitrogen and oxygen atoms in total. The second kappa shape index (κ2) is 8.94. The van der Waals surface area contributed by atoms with Gasteiger partial charge in [0.15, 0.2) is 0 Å². The summed E-state index contributed by atoms with van der Waals surface area (Å²) in [6.45, 7) is 1.53. The van der Waals surface area contributed by atoms with Crippen LogP contribution in [0, 0.1) is 0 Å². The van der Waals surface area contributed by atoms with E-state index in [1.54, 1.807) is 49.6 Å². The van der Waals surface area contributed by atoms with Gasteiger partial charge in [0.2, 0.25) is 0 Å². The number of methoxy groups -OCH3 is 1. The Kier molecular flexibility index (Phi) is 6.65. The van der Waals surface area contributed by atoms with Gasteiger partial charge in [-0.05, 0) is 63.0 Å². The molecule has 0 saturated carbocycles. The Labute approximate surface area is 148 Å². The van der Waals surface area contributed by atoms with Crippen molar-refractivity contribution >= 4 is 17.3 Å². The highest BCUT2D eigenvalue weighted by Crippen LogP contribution is 2.23. The van der Waals surface area contributed by atoms with Crippen molar-refractivity contribution in [1.82, 2.24) is 4.90 Å². The van der Waals surface area contributed by atoms with E-state index in [2.05, 4.69) is 10.2 Å². The zero-order valence-corrected chi connectivity index (χ0v) is 14.9. The molecule has 2 aromatic rings. The van der Waals surface area contributed by atoms with Gasteiger partial charge in [0.05, 0.1) is 19.4 Å². The van der Waals surface area contributed by atoms with Crippen molar-refractivity contribution in [3.8, 4) is 11.5 Å². The third-order valence-electron chi connectivity index (χ3n) is 3.63. The summed E-state index contributed by atoms with van der Waals surface area (Å²) in [7, 11) is 5.63. The first kappa shape index (κ1) is 18.6. The van der Waals surface area contributed by atoms with E-state index in [1.807, 2.05) is 14.1 Å². The van der Waals surface area contributed by atoms with Crippen LogP contribution < -0.4 is 20.5 Å². The first-order valence-corrected chi connectivity index (χ1v) is 8.12. The molecule has 0 aliphatic rings. The second-order valence-corrected chi connectivity index (χ2v) is 5.94. The van der Waals surface area contributed by atoms with Crippen molar-refractivity contribution < 1.29 is 14.3 Å². The Morgan fingerprint density at radius 1 is 1.16 bits per heavy atom. The van der Waals surface area contributed by atoms with Crippen LogP contribution in [0.5, 0.6) is 11.5 Å². The molecule has 134 valence electrons. The minimum atomic E-state index is -0.226. The molecule has 1 amide bonds. The van der Waals surface area contributed by atoms with Gasteiger partial charge in [0, 0.05) is 17.8 Å². The van der Waals surface area contributed by atoms with E-state index >= 15 is 0 Å². The number of hydrogen-bond acceptors (Lipinski definition) is 5. The van der Waals surface area contributed by atoms with Gasteiger partial charge in [-0.3, -0.25) is 4.79 Å². The van der Waals surface area contributed by atoms with E-state index in [0.717, 1.165) is 18.7 Å². The predicted octanol–water partition coefficient (Wildman–Crippen LogP) is 2.86. The van der Waals surface area contributed by atoms with Gasteiger partial charge in [-0.2, -0.15) is 0 Å². The molecule has 0 fully saturated rings. The van der Waals surface area contributed by atoms with Crippen molar-refractivity contribution in [2.45, 2.75) is 6.42 Å². The maximum absolute atomic E-state index is 12.3. The van der Waals surface area contributed by atoms with E-state index in [0.29, 0.717) is 29.3 Å². The first-order valence-electron chi connectivity index (χ1n) is 8.12. The number of nitrogen functional groups attached to an aromatic ring is 1. The zero-order valence-electron chi connectivity index (χ0n) is 14.9. The molecule has 0 spiro atoms. The van der Waals surface area contributed by atoms with Crippen LogP contribution in [0.1, 0.15) is 16.8 Å². The van der Waals surface area contributed by atoms with E-state index in [9.17, 15) is 4.79 Å². The number of nitrogens with zero attached hydrogens (tertiary/aromatic N) is 1. The van der Waals surface area contributed by atoms with E-state index in [-0.39, 0.29) is 5.91 Å². The highest BCUT2D eigenvalue weighted by atomic mass is 16.5. The number of nitrogens with one attached hydrogen (secondary N) is 1. The molecule has 0 radical (unpaired) electrons. The molecule has 3 N–H and O–H groups in total. The monoisotopic (exact) mass is 343 g/mol. The second-order valence-electron chi connectivity index (χ2n) is 5.94. The number of amides is 1. The summed E-state index contributed by atoms with van der Waals surface area (Å²) in [4.78, 5) is 14.4. The standard InChI is InChI=1S/C19H25N3O3/c1-22(2)11-4-12-25-18-10-5-14(13-17(18)20)19(23)21-15-6-8-16(24-3)9-7-15/h5-10,13H,4,11-12,20H2,1-3H3,(H,21,23). The van der Waals surface area contributed by atoms with Gasteiger partial charge in [-0.25, -0.2) is 0 Å². The highest BCUT2D eigenvalue weighted by Gasteiger charge is 2.09. The minimum absolute atomic E-state index is 0.226. The molecular weight excluding hydrogens is 318 g/mol. The minimum Gasteiger partial charge on any atom is -0.497 e. The van der Waals surface area contributed by atoms with Crippen LogP contribution in [0.3, 0.4) is 0 Å². The summed E-state index contributed by atoms with van der Waals surface area (Å²) >= 11 is 0. The number of rotatable bonds is 8. The molecular formula is C19H25N3O3. The van der Waals surface area contributed by atoms with Gasteiger partial charge in [-0.15, -0.1) is 0 Å². The van der Waals surface area contributed by atoms with Gasteiger partial charge in [0.1, 0.15) is 11.5 Å². The lowest BCUT2D eigenvalue weighted by atomic mass is 10.1. The third kappa shape index (κ3) is 5.69. The Morgan fingerprint density at radius 3 is 2.48 bits per heavy atom. The molecule has 6 heteroatoms. The number of anilines is 2. The van der Waals surface area contributed by atoms with Crippen LogP contribution in [0.4, 0.5) is 11.4 Å². The number of benzene rings is 2. The Bertz CT molecular complexity index is 700. The highest BCUT2D eigenvalue weighted by molar-refractivity contribution is 6.05. The fourth-order valence-corrected chi connectivity index (χ4v) is 2.26. The smallest absolute Gasteiger partial charge is 0.255 e. The topological polar surface area (TPSA) is 76.8 Å². The third-order valence-corrected chi connectivity index (χ3v) is 3.63. The van der Waals surface area contributed by atoms with Crippen LogP contribution >= 0.6 is 0 Å². The summed E-state index contributed by atoms with van der Waals surface area (Å²) in [5.41, 5.74) is 7.62. The quantitative estimate of drug-likeness (QED) is 0.569. The normalized spacial score (nSPS) is 10.6. The molecule has 2 aromatic carbocycles. The van der Waals surface area contributed by atoms with E-state index < -0.39 is 0 Å². The molecule has 0 heterocycles. The number of carbonyl (C=O) groups excluding carboxylic acids is 1. The van der Waals surface area contributed by atoms with Gasteiger partial charge in [0.25, 0.3) is 5.91 Å². The summed E-state index contributed by atoms with van der Waals surface area (Å²) < 4.78 is 10.8. The van der Waals surface area contributed by atoms with Crippen LogP contribution in [0.25, 0.3) is 0 Å². The van der Waals surface area contributed by atoms with Gasteiger partial charge >= 0.3 is 0 Å². The molecule has 0 saturated heterocycles. The molecule has 25 heavy (non-hydrogen) atoms. The van der Waals surface area contributed by atoms with Crippen LogP contribution in [-0.2, 0) is 0 Å². The number of nitrogens with two attached hydrogens (primary N) is 1. The lowest BCUT2D eigenvalue weighted by molar-refractivity contribution is 0.102. The number of ether oxygens (including phenoxy) is 2. The predicted molar refractivity (Wildman–Crippen MR) is 100 cm³/mol. The summed E-state index contributed by atoms with van der Waals surface area (Å²) in [6.07, 6.45) is 0.909. The number of hydrogen-bond donors (Lipinski definition) is 2. The van der Waals surface area contributed by atoms with E-state index in [4.69, 9.17) is 15.2 Å².